The highest BCUT2D eigenvalue weighted by Gasteiger charge is 2.26. The molecule has 1 aliphatic carbocycles. The number of likely N-dealkylation sites (tertiary alicyclic amines) is 1. The molecule has 2 aliphatic rings. The van der Waals surface area contributed by atoms with E-state index in [9.17, 15) is 9.59 Å². The Morgan fingerprint density at radius 1 is 1.28 bits per heavy atom. The summed E-state index contributed by atoms with van der Waals surface area (Å²) in [6.45, 7) is 6.08. The molecule has 0 spiro atoms. The van der Waals surface area contributed by atoms with Crippen LogP contribution < -0.4 is 10.1 Å². The van der Waals surface area contributed by atoms with Gasteiger partial charge in [0, 0.05) is 36.5 Å². The van der Waals surface area contributed by atoms with E-state index in [0.717, 1.165) is 44.5 Å². The lowest BCUT2D eigenvalue weighted by Gasteiger charge is -2.33. The maximum Gasteiger partial charge on any atom is 0.251 e. The molecule has 1 aromatic carbocycles. The number of ether oxygens (including phenoxy) is 1. The molecular formula is C20H28N2O3. The summed E-state index contributed by atoms with van der Waals surface area (Å²) in [5.74, 6) is 1.31. The number of carbonyl (C=O) groups excluding carboxylic acids is 2. The number of amides is 2. The van der Waals surface area contributed by atoms with E-state index in [1.165, 1.54) is 0 Å². The highest BCUT2D eigenvalue weighted by atomic mass is 16.5. The summed E-state index contributed by atoms with van der Waals surface area (Å²) in [6, 6.07) is 7.70. The topological polar surface area (TPSA) is 58.6 Å². The molecule has 0 aromatic heterocycles. The minimum absolute atomic E-state index is 0.0284. The number of hydrogen-bond donors (Lipinski definition) is 1. The maximum absolute atomic E-state index is 12.2. The molecule has 1 atom stereocenters. The third-order valence-electron chi connectivity index (χ3n) is 4.82. The summed E-state index contributed by atoms with van der Waals surface area (Å²) < 4.78 is 5.93. The maximum atomic E-state index is 12.2. The molecule has 1 saturated heterocycles. The summed E-state index contributed by atoms with van der Waals surface area (Å²) in [7, 11) is 0. The summed E-state index contributed by atoms with van der Waals surface area (Å²) >= 11 is 0. The monoisotopic (exact) mass is 344 g/mol. The second kappa shape index (κ2) is 7.89. The molecule has 3 rings (SSSR count). The molecule has 25 heavy (non-hydrogen) atoms. The van der Waals surface area contributed by atoms with Crippen LogP contribution in [0.4, 0.5) is 0 Å². The number of nitrogens with zero attached hydrogens (tertiary/aromatic N) is 1. The van der Waals surface area contributed by atoms with Crippen molar-refractivity contribution < 1.29 is 14.3 Å². The second-order valence-corrected chi connectivity index (χ2v) is 7.53. The van der Waals surface area contributed by atoms with Crippen LogP contribution in [0.3, 0.4) is 0 Å². The third kappa shape index (κ3) is 4.97. The van der Waals surface area contributed by atoms with Crippen molar-refractivity contribution >= 4 is 11.8 Å². The number of piperidine rings is 1. The minimum atomic E-state index is -0.0284. The normalized spacial score (nSPS) is 20.4. The number of carbonyl (C=O) groups is 2. The van der Waals surface area contributed by atoms with E-state index in [1.54, 1.807) is 6.07 Å². The van der Waals surface area contributed by atoms with Crippen molar-refractivity contribution in [2.45, 2.75) is 45.6 Å². The van der Waals surface area contributed by atoms with E-state index in [0.29, 0.717) is 24.1 Å². The molecule has 0 unspecified atom stereocenters. The van der Waals surface area contributed by atoms with Gasteiger partial charge in [-0.25, -0.2) is 0 Å². The first-order chi connectivity index (χ1) is 12.0. The number of hydrogen-bond acceptors (Lipinski definition) is 3. The van der Waals surface area contributed by atoms with E-state index >= 15 is 0 Å². The molecule has 1 aliphatic heterocycles. The van der Waals surface area contributed by atoms with Crippen LogP contribution in [0.15, 0.2) is 24.3 Å². The van der Waals surface area contributed by atoms with Gasteiger partial charge < -0.3 is 15.0 Å². The van der Waals surface area contributed by atoms with Gasteiger partial charge in [0.2, 0.25) is 5.91 Å². The minimum Gasteiger partial charge on any atom is -0.493 e. The van der Waals surface area contributed by atoms with Crippen LogP contribution in [0.2, 0.25) is 0 Å². The van der Waals surface area contributed by atoms with Crippen LogP contribution in [0.25, 0.3) is 0 Å². The van der Waals surface area contributed by atoms with Crippen molar-refractivity contribution in [2.75, 3.05) is 19.7 Å². The van der Waals surface area contributed by atoms with Gasteiger partial charge in [-0.1, -0.05) is 19.9 Å². The molecule has 1 saturated carbocycles. The van der Waals surface area contributed by atoms with E-state index in [-0.39, 0.29) is 17.7 Å². The Kier molecular flexibility index (Phi) is 5.61. The molecule has 0 radical (unpaired) electrons. The summed E-state index contributed by atoms with van der Waals surface area (Å²) in [6.07, 6.45) is 4.25. The first-order valence-electron chi connectivity index (χ1n) is 9.35. The van der Waals surface area contributed by atoms with Gasteiger partial charge in [0.15, 0.2) is 0 Å². The average Bonchev–Trinajstić information content (AvgIpc) is 3.43. The predicted molar refractivity (Wildman–Crippen MR) is 96.6 cm³/mol. The van der Waals surface area contributed by atoms with Gasteiger partial charge in [-0.15, -0.1) is 0 Å². The van der Waals surface area contributed by atoms with Crippen LogP contribution in [0, 0.1) is 11.8 Å². The lowest BCUT2D eigenvalue weighted by atomic mass is 9.98. The zero-order valence-electron chi connectivity index (χ0n) is 15.2. The fraction of sp³-hybridized carbons (Fsp3) is 0.600. The lowest BCUT2D eigenvalue weighted by Crippen LogP contribution is -2.43. The Bertz CT molecular complexity index is 625. The Morgan fingerprint density at radius 3 is 2.80 bits per heavy atom. The van der Waals surface area contributed by atoms with Gasteiger partial charge >= 0.3 is 0 Å². The fourth-order valence-electron chi connectivity index (χ4n) is 3.20. The van der Waals surface area contributed by atoms with Crippen LogP contribution in [-0.4, -0.2) is 42.5 Å². The quantitative estimate of drug-likeness (QED) is 0.863. The second-order valence-electron chi connectivity index (χ2n) is 7.53. The van der Waals surface area contributed by atoms with Gasteiger partial charge in [0.05, 0.1) is 6.61 Å². The molecule has 0 bridgehead atoms. The number of nitrogens with one attached hydrogen (secondary N) is 1. The molecular weight excluding hydrogens is 316 g/mol. The SMILES string of the molecule is CC(C)C(=O)N1CCC[C@H](COc2cccc(C(=O)NC3CC3)c2)C1. The van der Waals surface area contributed by atoms with Crippen molar-refractivity contribution in [3.05, 3.63) is 29.8 Å². The van der Waals surface area contributed by atoms with Gasteiger partial charge in [0.1, 0.15) is 5.75 Å². The highest BCUT2D eigenvalue weighted by Crippen LogP contribution is 2.22. The molecule has 1 N–H and O–H groups in total. The Morgan fingerprint density at radius 2 is 2.08 bits per heavy atom. The molecule has 5 heteroatoms. The van der Waals surface area contributed by atoms with Gasteiger partial charge in [0.25, 0.3) is 5.91 Å². The Labute approximate surface area is 149 Å². The van der Waals surface area contributed by atoms with Crippen LogP contribution in [-0.2, 0) is 4.79 Å². The molecule has 1 aromatic rings. The number of rotatable bonds is 6. The summed E-state index contributed by atoms with van der Waals surface area (Å²) in [5, 5.41) is 2.99. The largest absolute Gasteiger partial charge is 0.493 e. The Balaban J connectivity index is 1.52. The van der Waals surface area contributed by atoms with Crippen molar-refractivity contribution in [1.29, 1.82) is 0 Å². The standard InChI is InChI=1S/C20H28N2O3/c1-14(2)20(24)22-10-4-5-15(12-22)13-25-18-7-3-6-16(11-18)19(23)21-17-8-9-17/h3,6-7,11,14-15,17H,4-5,8-10,12-13H2,1-2H3,(H,21,23)/t15-/m0/s1. The molecule has 2 amide bonds. The fourth-order valence-corrected chi connectivity index (χ4v) is 3.20. The Hall–Kier alpha value is -2.04. The predicted octanol–water partition coefficient (Wildman–Crippen LogP) is 2.85. The smallest absolute Gasteiger partial charge is 0.251 e. The van der Waals surface area contributed by atoms with Crippen molar-refractivity contribution in [3.8, 4) is 5.75 Å². The molecule has 136 valence electrons. The van der Waals surface area contributed by atoms with E-state index < -0.39 is 0 Å². The van der Waals surface area contributed by atoms with E-state index in [2.05, 4.69) is 5.32 Å². The van der Waals surface area contributed by atoms with E-state index in [1.807, 2.05) is 36.9 Å². The van der Waals surface area contributed by atoms with Gasteiger partial charge in [-0.3, -0.25) is 9.59 Å². The first-order valence-corrected chi connectivity index (χ1v) is 9.35. The van der Waals surface area contributed by atoms with Crippen LogP contribution >= 0.6 is 0 Å². The van der Waals surface area contributed by atoms with Crippen molar-refractivity contribution in [1.82, 2.24) is 10.2 Å². The highest BCUT2D eigenvalue weighted by molar-refractivity contribution is 5.94. The van der Waals surface area contributed by atoms with E-state index in [4.69, 9.17) is 4.74 Å². The summed E-state index contributed by atoms with van der Waals surface area (Å²) in [5.41, 5.74) is 0.643. The van der Waals surface area contributed by atoms with Gasteiger partial charge in [-0.2, -0.15) is 0 Å². The van der Waals surface area contributed by atoms with Crippen molar-refractivity contribution in [3.63, 3.8) is 0 Å². The van der Waals surface area contributed by atoms with Crippen LogP contribution in [0.5, 0.6) is 5.75 Å². The molecule has 2 fully saturated rings. The average molecular weight is 344 g/mol. The molecule has 5 nitrogen and oxygen atoms in total. The summed E-state index contributed by atoms with van der Waals surface area (Å²) in [4.78, 5) is 26.3. The van der Waals surface area contributed by atoms with Crippen LogP contribution in [0.1, 0.15) is 49.9 Å². The number of benzene rings is 1. The first kappa shape index (κ1) is 17.8. The van der Waals surface area contributed by atoms with Gasteiger partial charge in [-0.05, 0) is 43.9 Å². The lowest BCUT2D eigenvalue weighted by molar-refractivity contribution is -0.136. The third-order valence-corrected chi connectivity index (χ3v) is 4.82. The molecule has 1 heterocycles. The van der Waals surface area contributed by atoms with Crippen molar-refractivity contribution in [2.24, 2.45) is 11.8 Å². The zero-order chi connectivity index (χ0) is 17.8. The zero-order valence-corrected chi connectivity index (χ0v) is 15.2.